The van der Waals surface area contributed by atoms with Gasteiger partial charge in [0.05, 0.1) is 55.2 Å². The van der Waals surface area contributed by atoms with Gasteiger partial charge in [-0.3, -0.25) is 47.9 Å². The van der Waals surface area contributed by atoms with Crippen LogP contribution in [0.3, 0.4) is 0 Å². The lowest BCUT2D eigenvalue weighted by Crippen LogP contribution is -2.61. The number of ether oxygens (including phenoxy) is 3. The zero-order chi connectivity index (χ0) is 61.5. The van der Waals surface area contributed by atoms with Crippen molar-refractivity contribution in [2.24, 2.45) is 17.8 Å². The molecule has 26 nitrogen and oxygen atoms in total. The third-order valence-corrected chi connectivity index (χ3v) is 15.3. The van der Waals surface area contributed by atoms with E-state index in [1.807, 2.05) is 13.8 Å². The summed E-state index contributed by atoms with van der Waals surface area (Å²) in [6.45, 7) is 11.2. The average molecular weight is 1170 g/mol. The molecule has 2 aliphatic carbocycles. The standard InChI is InChI=1S/C57H79N7O19/c1-25(2)16-33(62-56(79)37-13-11-15-64(37)29(8)67)52(75)58-22-41(69)59-34(17-26(3)4)53(76)63-36(23-65)55(78)61-35(18-27(5)6)54(77)60-32-19-42(82-28(7)47(32)70)83-39-21-57(80,40(68)24-66)20-31-44(39)51(74)46-45(49(31)72)48(71)30-12-10-14-38(81-9)43(30)50(46)73/h10,12,14,25-28,32-37,39,42,47,65-66,70,72,74,80H,11,13,15-24H2,1-9H3,(H,58,75)(H,59,69)(H,60,77)(H,61,78)(H,62,79)(H,63,76)/t28-,32-,33-,34-,35-,36-,37-,39-,42-,47+,57-/m0/s1. The highest BCUT2D eigenvalue weighted by Crippen LogP contribution is 2.52. The van der Waals surface area contributed by atoms with Crippen molar-refractivity contribution in [3.05, 3.63) is 51.6 Å². The van der Waals surface area contributed by atoms with Crippen molar-refractivity contribution in [3.63, 3.8) is 0 Å². The van der Waals surface area contributed by atoms with Crippen molar-refractivity contribution >= 4 is 58.7 Å². The molecule has 2 fully saturated rings. The van der Waals surface area contributed by atoms with Gasteiger partial charge in [0.1, 0.15) is 65.8 Å². The number of nitrogens with one attached hydrogen (secondary N) is 6. The normalized spacial score (nSPS) is 23.4. The average Bonchev–Trinajstić information content (AvgIpc) is 1.27. The molecule has 2 heterocycles. The zero-order valence-corrected chi connectivity index (χ0v) is 48.2. The molecule has 11 atom stereocenters. The Balaban J connectivity index is 1.14. The number of aromatic hydroxyl groups is 2. The van der Waals surface area contributed by atoms with E-state index in [1.165, 1.54) is 44.1 Å². The number of phenolic OH excluding ortho intramolecular Hbond substituents is 2. The van der Waals surface area contributed by atoms with E-state index in [0.717, 1.165) is 0 Å². The minimum absolute atomic E-state index is 0.00190. The Morgan fingerprint density at radius 1 is 0.783 bits per heavy atom. The fourth-order valence-corrected chi connectivity index (χ4v) is 11.2. The molecule has 6 rings (SSSR count). The first-order chi connectivity index (χ1) is 39.0. The summed E-state index contributed by atoms with van der Waals surface area (Å²) >= 11 is 0. The van der Waals surface area contributed by atoms with Crippen LogP contribution < -0.4 is 36.6 Å². The first kappa shape index (κ1) is 65.1. The molecule has 12 N–H and O–H groups in total. The van der Waals surface area contributed by atoms with E-state index < -0.39 is 174 Å². The monoisotopic (exact) mass is 1170 g/mol. The first-order valence-corrected chi connectivity index (χ1v) is 27.9. The predicted octanol–water partition coefficient (Wildman–Crippen LogP) is -0.644. The molecule has 4 aliphatic rings. The Hall–Kier alpha value is -7.10. The van der Waals surface area contributed by atoms with Crippen LogP contribution in [0.1, 0.15) is 149 Å². The van der Waals surface area contributed by atoms with E-state index in [1.54, 1.807) is 27.7 Å². The number of hydrogen-bond acceptors (Lipinski definition) is 19. The van der Waals surface area contributed by atoms with Crippen molar-refractivity contribution in [1.29, 1.82) is 0 Å². The number of ketones is 3. The lowest BCUT2D eigenvalue weighted by molar-refractivity contribution is -0.249. The van der Waals surface area contributed by atoms with Crippen LogP contribution in [0.25, 0.3) is 0 Å². The van der Waals surface area contributed by atoms with Gasteiger partial charge >= 0.3 is 0 Å². The van der Waals surface area contributed by atoms with Gasteiger partial charge in [0, 0.05) is 49.4 Å². The number of Topliss-reactive ketones (excluding diaryl/α,β-unsaturated/α-hetero) is 1. The fourth-order valence-electron chi connectivity index (χ4n) is 11.2. The number of aliphatic hydroxyl groups excluding tert-OH is 3. The number of hydrogen-bond donors (Lipinski definition) is 12. The molecule has 0 aromatic heterocycles. The van der Waals surface area contributed by atoms with Gasteiger partial charge in [-0.05, 0) is 62.8 Å². The van der Waals surface area contributed by atoms with E-state index in [2.05, 4.69) is 31.9 Å². The number of carbonyl (C=O) groups excluding carboxylic acids is 10. The van der Waals surface area contributed by atoms with Gasteiger partial charge in [0.2, 0.25) is 47.1 Å². The lowest BCUT2D eigenvalue weighted by atomic mass is 9.72. The maximum atomic E-state index is 14.2. The van der Waals surface area contributed by atoms with Crippen LogP contribution in [0.5, 0.6) is 17.2 Å². The van der Waals surface area contributed by atoms with E-state index in [-0.39, 0.29) is 77.3 Å². The molecule has 0 bridgehead atoms. The van der Waals surface area contributed by atoms with Gasteiger partial charge in [-0.1, -0.05) is 53.7 Å². The number of fused-ring (bicyclic) bond motifs is 3. The summed E-state index contributed by atoms with van der Waals surface area (Å²) in [5, 5.41) is 82.7. The first-order valence-electron chi connectivity index (χ1n) is 27.9. The van der Waals surface area contributed by atoms with Crippen molar-refractivity contribution in [3.8, 4) is 17.2 Å². The third kappa shape index (κ3) is 14.8. The second-order valence-electron chi connectivity index (χ2n) is 23.1. The predicted molar refractivity (Wildman–Crippen MR) is 292 cm³/mol. The summed E-state index contributed by atoms with van der Waals surface area (Å²) in [7, 11) is 1.27. The Labute approximate surface area is 480 Å². The highest BCUT2D eigenvalue weighted by Gasteiger charge is 2.51. The third-order valence-electron chi connectivity index (χ3n) is 15.3. The van der Waals surface area contributed by atoms with Crippen LogP contribution in [-0.2, 0) is 54.3 Å². The van der Waals surface area contributed by atoms with Gasteiger partial charge in [0.25, 0.3) is 0 Å². The SMILES string of the molecule is COc1cccc2c1C(=O)c1c(O)c3c(c(O)c1C2=O)C[C@@](O)(C(=O)CO)C[C@@H]3O[C@H]1C[C@H](NC(=O)[C@H](CC(C)C)NC(=O)[C@H](CO)NC(=O)[C@H](CC(C)C)NC(=O)CNC(=O)[C@H](CC(C)C)NC(=O)[C@@H]2CCCN2C(C)=O)[C@H](O)[C@H](C)O1. The molecule has 2 saturated heterocycles. The molecule has 0 spiro atoms. The zero-order valence-electron chi connectivity index (χ0n) is 48.2. The number of phenols is 2. The summed E-state index contributed by atoms with van der Waals surface area (Å²) in [6, 6.07) is -3.10. The molecule has 2 aliphatic heterocycles. The number of likely N-dealkylation sites (tertiary alicyclic amines) is 1. The van der Waals surface area contributed by atoms with Gasteiger partial charge in [-0.25, -0.2) is 0 Å². The summed E-state index contributed by atoms with van der Waals surface area (Å²) < 4.78 is 17.6. The Bertz CT molecular complexity index is 2840. The van der Waals surface area contributed by atoms with Crippen LogP contribution in [-0.4, -0.2) is 188 Å². The molecule has 7 amide bonds. The van der Waals surface area contributed by atoms with Gasteiger partial charge in [-0.2, -0.15) is 0 Å². The van der Waals surface area contributed by atoms with E-state index in [0.29, 0.717) is 19.4 Å². The van der Waals surface area contributed by atoms with E-state index in [9.17, 15) is 78.6 Å². The molecular weight excluding hydrogens is 1090 g/mol. The number of methoxy groups -OCH3 is 1. The summed E-state index contributed by atoms with van der Waals surface area (Å²) in [4.78, 5) is 137. The van der Waals surface area contributed by atoms with Crippen LogP contribution >= 0.6 is 0 Å². The number of aliphatic hydroxyl groups is 4. The Morgan fingerprint density at radius 3 is 1.96 bits per heavy atom. The van der Waals surface area contributed by atoms with Gasteiger partial charge < -0.3 is 81.7 Å². The molecule has 83 heavy (non-hydrogen) atoms. The van der Waals surface area contributed by atoms with Crippen molar-refractivity contribution in [2.75, 3.05) is 33.4 Å². The highest BCUT2D eigenvalue weighted by atomic mass is 16.7. The Morgan fingerprint density at radius 2 is 1.37 bits per heavy atom. The molecule has 26 heteroatoms. The minimum atomic E-state index is -2.46. The summed E-state index contributed by atoms with van der Waals surface area (Å²) in [6.07, 6.45) is -6.07. The molecule has 0 radical (unpaired) electrons. The van der Waals surface area contributed by atoms with E-state index in [4.69, 9.17) is 14.2 Å². The van der Waals surface area contributed by atoms with Crippen LogP contribution in [0.15, 0.2) is 18.2 Å². The van der Waals surface area contributed by atoms with Crippen LogP contribution in [0.2, 0.25) is 0 Å². The molecular formula is C57H79N7O19. The van der Waals surface area contributed by atoms with Gasteiger partial charge in [0.15, 0.2) is 17.9 Å². The van der Waals surface area contributed by atoms with Gasteiger partial charge in [-0.15, -0.1) is 0 Å². The second kappa shape index (κ2) is 27.5. The topological polar surface area (TPSA) is 395 Å². The highest BCUT2D eigenvalue weighted by molar-refractivity contribution is 6.31. The van der Waals surface area contributed by atoms with Crippen molar-refractivity contribution in [2.45, 2.75) is 173 Å². The summed E-state index contributed by atoms with van der Waals surface area (Å²) in [5.74, 6) is -9.96. The summed E-state index contributed by atoms with van der Waals surface area (Å²) in [5.41, 5.74) is -4.63. The smallest absolute Gasteiger partial charge is 0.245 e. The maximum Gasteiger partial charge on any atom is 0.245 e. The number of amides is 7. The van der Waals surface area contributed by atoms with Crippen LogP contribution in [0.4, 0.5) is 0 Å². The Kier molecular flexibility index (Phi) is 21.6. The lowest BCUT2D eigenvalue weighted by Gasteiger charge is -2.43. The quantitative estimate of drug-likeness (QED) is 0.0496. The molecule has 0 unspecified atom stereocenters. The number of carbonyl (C=O) groups is 10. The van der Waals surface area contributed by atoms with Crippen molar-refractivity contribution < 1.29 is 92.8 Å². The minimum Gasteiger partial charge on any atom is -0.507 e. The van der Waals surface area contributed by atoms with E-state index >= 15 is 0 Å². The fraction of sp³-hybridized carbons (Fsp3) is 0.614. The largest absolute Gasteiger partial charge is 0.507 e. The number of nitrogens with zero attached hydrogens (tertiary/aromatic N) is 1. The number of rotatable bonds is 24. The molecule has 456 valence electrons. The maximum absolute atomic E-state index is 14.2. The van der Waals surface area contributed by atoms with Crippen LogP contribution in [0, 0.1) is 17.8 Å². The second-order valence-corrected chi connectivity index (χ2v) is 23.1. The number of benzene rings is 2. The molecule has 2 aromatic carbocycles. The molecule has 2 aromatic rings. The van der Waals surface area contributed by atoms with Crippen molar-refractivity contribution in [1.82, 2.24) is 36.8 Å². The molecule has 0 saturated carbocycles.